The van der Waals surface area contributed by atoms with Gasteiger partial charge in [-0.2, -0.15) is 0 Å². The number of anilines is 1. The van der Waals surface area contributed by atoms with Gasteiger partial charge in [-0.25, -0.2) is 0 Å². The minimum absolute atomic E-state index is 0.175. The largest absolute Gasteiger partial charge is 0.493 e. The van der Waals surface area contributed by atoms with Crippen molar-refractivity contribution in [1.82, 2.24) is 0 Å². The van der Waals surface area contributed by atoms with Gasteiger partial charge >= 0.3 is 0 Å². The molecule has 26 heavy (non-hydrogen) atoms. The fourth-order valence-electron chi connectivity index (χ4n) is 6.14. The molecule has 142 valence electrons. The van der Waals surface area contributed by atoms with Crippen LogP contribution in [0.4, 0.5) is 5.69 Å². The molecule has 0 unspecified atom stereocenters. The zero-order valence-electron chi connectivity index (χ0n) is 15.9. The first-order valence-electron chi connectivity index (χ1n) is 10.3. The molecule has 3 N–H and O–H groups in total. The van der Waals surface area contributed by atoms with Gasteiger partial charge in [0.05, 0.1) is 6.61 Å². The van der Waals surface area contributed by atoms with Crippen molar-refractivity contribution >= 4 is 11.6 Å². The molecule has 0 spiro atoms. The first-order chi connectivity index (χ1) is 12.5. The van der Waals surface area contributed by atoms with Gasteiger partial charge in [-0.3, -0.25) is 4.79 Å². The average Bonchev–Trinajstić information content (AvgIpc) is 2.56. The Labute approximate surface area is 156 Å². The molecule has 4 aliphatic carbocycles. The summed E-state index contributed by atoms with van der Waals surface area (Å²) in [5.41, 5.74) is 7.76. The number of hydrogen-bond acceptors (Lipinski definition) is 3. The highest BCUT2D eigenvalue weighted by molar-refractivity contribution is 5.92. The molecule has 0 atom stereocenters. The number of aryl methyl sites for hydroxylation is 1. The van der Waals surface area contributed by atoms with E-state index in [1.165, 1.54) is 38.5 Å². The second kappa shape index (κ2) is 7.22. The van der Waals surface area contributed by atoms with Crippen LogP contribution in [0.25, 0.3) is 0 Å². The first-order valence-corrected chi connectivity index (χ1v) is 10.3. The summed E-state index contributed by atoms with van der Waals surface area (Å²) in [6.07, 6.45) is 9.59. The summed E-state index contributed by atoms with van der Waals surface area (Å²) in [4.78, 5) is 12.9. The van der Waals surface area contributed by atoms with Crippen LogP contribution in [0.2, 0.25) is 0 Å². The van der Waals surface area contributed by atoms with Crippen LogP contribution >= 0.6 is 0 Å². The minimum atomic E-state index is 0.175. The number of nitrogens with one attached hydrogen (secondary N) is 1. The molecule has 4 saturated carbocycles. The van der Waals surface area contributed by atoms with Gasteiger partial charge in [-0.1, -0.05) is 6.07 Å². The van der Waals surface area contributed by atoms with Crippen LogP contribution in [0.15, 0.2) is 18.2 Å². The zero-order chi connectivity index (χ0) is 18.1. The van der Waals surface area contributed by atoms with Crippen molar-refractivity contribution in [3.63, 3.8) is 0 Å². The highest BCUT2D eigenvalue weighted by atomic mass is 16.5. The fourth-order valence-corrected chi connectivity index (χ4v) is 6.14. The van der Waals surface area contributed by atoms with Crippen LogP contribution in [0.1, 0.15) is 56.9 Å². The van der Waals surface area contributed by atoms with Crippen molar-refractivity contribution in [1.29, 1.82) is 0 Å². The Kier molecular flexibility index (Phi) is 4.96. The van der Waals surface area contributed by atoms with Gasteiger partial charge in [0.1, 0.15) is 5.75 Å². The lowest BCUT2D eigenvalue weighted by atomic mass is 9.49. The predicted octanol–water partition coefficient (Wildman–Crippen LogP) is 4.27. The predicted molar refractivity (Wildman–Crippen MR) is 104 cm³/mol. The van der Waals surface area contributed by atoms with Crippen molar-refractivity contribution in [2.45, 2.75) is 58.3 Å². The Morgan fingerprint density at radius 2 is 1.85 bits per heavy atom. The average molecular weight is 357 g/mol. The Bertz CT molecular complexity index is 635. The van der Waals surface area contributed by atoms with Crippen LogP contribution in [0.5, 0.6) is 5.75 Å². The minimum Gasteiger partial charge on any atom is -0.493 e. The van der Waals surface area contributed by atoms with Gasteiger partial charge in [0.15, 0.2) is 0 Å². The Morgan fingerprint density at radius 3 is 2.46 bits per heavy atom. The topological polar surface area (TPSA) is 64.3 Å². The SMILES string of the molecule is Cc1ccc(OCCCN)cc1NC(=O)CC12CC3CC(CC(C3)C1)C2. The molecule has 0 radical (unpaired) electrons. The van der Waals surface area contributed by atoms with Gasteiger partial charge in [0.2, 0.25) is 5.91 Å². The van der Waals surface area contributed by atoms with Crippen molar-refractivity contribution in [3.8, 4) is 5.75 Å². The van der Waals surface area contributed by atoms with E-state index in [4.69, 9.17) is 10.5 Å². The highest BCUT2D eigenvalue weighted by Gasteiger charge is 2.51. The lowest BCUT2D eigenvalue weighted by molar-refractivity contribution is -0.124. The van der Waals surface area contributed by atoms with E-state index in [-0.39, 0.29) is 11.3 Å². The maximum atomic E-state index is 12.9. The van der Waals surface area contributed by atoms with Gasteiger partial charge in [-0.05, 0) is 93.2 Å². The number of amides is 1. The molecule has 4 bridgehead atoms. The third-order valence-electron chi connectivity index (χ3n) is 6.80. The summed E-state index contributed by atoms with van der Waals surface area (Å²) in [5, 5.41) is 3.17. The molecule has 4 nitrogen and oxygen atoms in total. The van der Waals surface area contributed by atoms with Crippen molar-refractivity contribution in [3.05, 3.63) is 23.8 Å². The Morgan fingerprint density at radius 1 is 1.19 bits per heavy atom. The maximum Gasteiger partial charge on any atom is 0.224 e. The zero-order valence-corrected chi connectivity index (χ0v) is 15.9. The number of ether oxygens (including phenoxy) is 1. The Balaban J connectivity index is 1.39. The van der Waals surface area contributed by atoms with E-state index in [1.807, 2.05) is 25.1 Å². The fraction of sp³-hybridized carbons (Fsp3) is 0.682. The van der Waals surface area contributed by atoms with E-state index in [0.717, 1.165) is 41.2 Å². The van der Waals surface area contributed by atoms with Gasteiger partial charge in [0, 0.05) is 18.2 Å². The Hall–Kier alpha value is -1.55. The standard InChI is InChI=1S/C22H32N2O2/c1-15-3-4-19(26-6-2-5-23)10-20(15)24-21(25)14-22-11-16-7-17(12-22)9-18(8-16)13-22/h3-4,10,16-18H,2,5-9,11-14,23H2,1H3,(H,24,25). The number of hydrogen-bond donors (Lipinski definition) is 2. The summed E-state index contributed by atoms with van der Waals surface area (Å²) in [5.74, 6) is 3.63. The van der Waals surface area contributed by atoms with Crippen LogP contribution in [-0.4, -0.2) is 19.1 Å². The van der Waals surface area contributed by atoms with Gasteiger partial charge in [0.25, 0.3) is 0 Å². The van der Waals surface area contributed by atoms with Crippen LogP contribution in [-0.2, 0) is 4.79 Å². The molecule has 4 fully saturated rings. The van der Waals surface area contributed by atoms with Crippen LogP contribution in [0, 0.1) is 30.1 Å². The molecular formula is C22H32N2O2. The molecule has 1 aromatic rings. The summed E-state index contributed by atoms with van der Waals surface area (Å²) in [6.45, 7) is 3.27. The number of nitrogens with two attached hydrogens (primary N) is 1. The van der Waals surface area contributed by atoms with Crippen LogP contribution < -0.4 is 15.8 Å². The molecular weight excluding hydrogens is 324 g/mol. The van der Waals surface area contributed by atoms with Crippen molar-refractivity contribution in [2.75, 3.05) is 18.5 Å². The number of carbonyl (C=O) groups is 1. The smallest absolute Gasteiger partial charge is 0.224 e. The molecule has 0 saturated heterocycles. The molecule has 0 aromatic heterocycles. The lowest BCUT2D eigenvalue weighted by Crippen LogP contribution is -2.47. The van der Waals surface area contributed by atoms with E-state index in [2.05, 4.69) is 5.32 Å². The number of carbonyl (C=O) groups excluding carboxylic acids is 1. The third-order valence-corrected chi connectivity index (χ3v) is 6.80. The maximum absolute atomic E-state index is 12.9. The number of benzene rings is 1. The second-order valence-electron chi connectivity index (χ2n) is 9.11. The monoisotopic (exact) mass is 356 g/mol. The third kappa shape index (κ3) is 3.75. The molecule has 4 aliphatic rings. The molecule has 1 amide bonds. The number of rotatable bonds is 7. The summed E-state index contributed by atoms with van der Waals surface area (Å²) in [6, 6.07) is 5.92. The summed E-state index contributed by atoms with van der Waals surface area (Å²) in [7, 11) is 0. The van der Waals surface area contributed by atoms with Gasteiger partial charge in [-0.15, -0.1) is 0 Å². The molecule has 1 aromatic carbocycles. The quantitative estimate of drug-likeness (QED) is 0.717. The van der Waals surface area contributed by atoms with E-state index < -0.39 is 0 Å². The summed E-state index contributed by atoms with van der Waals surface area (Å²) >= 11 is 0. The summed E-state index contributed by atoms with van der Waals surface area (Å²) < 4.78 is 5.73. The first kappa shape index (κ1) is 17.8. The van der Waals surface area contributed by atoms with E-state index in [9.17, 15) is 4.79 Å². The normalized spacial score (nSPS) is 31.8. The second-order valence-corrected chi connectivity index (χ2v) is 9.11. The van der Waals surface area contributed by atoms with E-state index in [1.54, 1.807) is 0 Å². The highest BCUT2D eigenvalue weighted by Crippen LogP contribution is 2.61. The lowest BCUT2D eigenvalue weighted by Gasteiger charge is -2.56. The van der Waals surface area contributed by atoms with Gasteiger partial charge < -0.3 is 15.8 Å². The van der Waals surface area contributed by atoms with Crippen molar-refractivity contribution in [2.24, 2.45) is 28.9 Å². The molecule has 0 aliphatic heterocycles. The molecule has 5 rings (SSSR count). The van der Waals surface area contributed by atoms with E-state index >= 15 is 0 Å². The molecule has 4 heteroatoms. The van der Waals surface area contributed by atoms with Crippen molar-refractivity contribution < 1.29 is 9.53 Å². The van der Waals surface area contributed by atoms with E-state index in [0.29, 0.717) is 19.6 Å². The molecule has 0 heterocycles. The van der Waals surface area contributed by atoms with Crippen LogP contribution in [0.3, 0.4) is 0 Å².